The molecule has 0 bridgehead atoms. The van der Waals surface area contributed by atoms with Crippen LogP contribution in [0.5, 0.6) is 0 Å². The van der Waals surface area contributed by atoms with Crippen LogP contribution in [0.1, 0.15) is 76.2 Å². The fourth-order valence-corrected chi connectivity index (χ4v) is 4.67. The zero-order valence-corrected chi connectivity index (χ0v) is 18.6. The zero-order valence-electron chi connectivity index (χ0n) is 17.1. The van der Waals surface area contributed by atoms with Crippen LogP contribution in [0.25, 0.3) is 0 Å². The highest BCUT2D eigenvalue weighted by molar-refractivity contribution is 6.52. The van der Waals surface area contributed by atoms with Gasteiger partial charge in [-0.15, -0.1) is 0 Å². The number of hydrogen-bond donors (Lipinski definition) is 1. The normalized spacial score (nSPS) is 20.6. The first-order chi connectivity index (χ1) is 14.0. The van der Waals surface area contributed by atoms with E-state index in [2.05, 4.69) is 5.32 Å². The van der Waals surface area contributed by atoms with Crippen molar-refractivity contribution in [3.63, 3.8) is 0 Å². The number of anilines is 1. The van der Waals surface area contributed by atoms with Crippen molar-refractivity contribution < 1.29 is 9.59 Å². The second kappa shape index (κ2) is 10.5. The van der Waals surface area contributed by atoms with Gasteiger partial charge in [0, 0.05) is 11.1 Å². The summed E-state index contributed by atoms with van der Waals surface area (Å²) in [4.78, 5) is 27.0. The summed E-state index contributed by atoms with van der Waals surface area (Å²) < 4.78 is 0. The topological polar surface area (TPSA) is 49.4 Å². The molecule has 29 heavy (non-hydrogen) atoms. The van der Waals surface area contributed by atoms with Crippen molar-refractivity contribution in [1.29, 1.82) is 0 Å². The van der Waals surface area contributed by atoms with Gasteiger partial charge in [0.25, 0.3) is 11.8 Å². The van der Waals surface area contributed by atoms with E-state index in [9.17, 15) is 9.59 Å². The van der Waals surface area contributed by atoms with Crippen LogP contribution >= 0.6 is 23.2 Å². The van der Waals surface area contributed by atoms with Gasteiger partial charge in [0.2, 0.25) is 0 Å². The van der Waals surface area contributed by atoms with Crippen molar-refractivity contribution in [3.05, 3.63) is 39.5 Å². The molecule has 4 nitrogen and oxygen atoms in total. The van der Waals surface area contributed by atoms with Gasteiger partial charge in [-0.05, 0) is 43.5 Å². The molecule has 1 heterocycles. The molecule has 2 aliphatic rings. The van der Waals surface area contributed by atoms with E-state index in [-0.39, 0.29) is 22.7 Å². The van der Waals surface area contributed by atoms with Gasteiger partial charge >= 0.3 is 0 Å². The first kappa shape index (κ1) is 22.2. The molecule has 1 fully saturated rings. The van der Waals surface area contributed by atoms with Crippen molar-refractivity contribution in [1.82, 2.24) is 5.32 Å². The Kier molecular flexibility index (Phi) is 8.02. The molecule has 1 aromatic carbocycles. The largest absolute Gasteiger partial charge is 0.376 e. The highest BCUT2D eigenvalue weighted by Crippen LogP contribution is 2.32. The molecule has 6 heteroatoms. The lowest BCUT2D eigenvalue weighted by Crippen LogP contribution is -2.37. The Morgan fingerprint density at radius 2 is 1.41 bits per heavy atom. The number of halogens is 2. The van der Waals surface area contributed by atoms with E-state index >= 15 is 0 Å². The maximum absolute atomic E-state index is 13.1. The fraction of sp³-hybridized carbons (Fsp3) is 0.565. The molecular weight excluding hydrogens is 407 g/mol. The van der Waals surface area contributed by atoms with Gasteiger partial charge in [-0.25, -0.2) is 4.90 Å². The Bertz CT molecular complexity index is 779. The van der Waals surface area contributed by atoms with Crippen LogP contribution in [0.3, 0.4) is 0 Å². The van der Waals surface area contributed by atoms with E-state index in [0.717, 1.165) is 36.1 Å². The molecule has 3 rings (SSSR count). The number of benzene rings is 1. The summed E-state index contributed by atoms with van der Waals surface area (Å²) in [5.74, 6) is -0.853. The Hall–Kier alpha value is -1.52. The maximum atomic E-state index is 13.1. The number of amides is 2. The monoisotopic (exact) mass is 436 g/mol. The summed E-state index contributed by atoms with van der Waals surface area (Å²) >= 11 is 12.3. The molecule has 0 spiro atoms. The van der Waals surface area contributed by atoms with Crippen LogP contribution < -0.4 is 10.2 Å². The molecule has 1 aromatic rings. The molecule has 1 N–H and O–H groups in total. The van der Waals surface area contributed by atoms with Crippen LogP contribution in [-0.4, -0.2) is 17.9 Å². The van der Waals surface area contributed by atoms with Crippen molar-refractivity contribution >= 4 is 40.7 Å². The standard InChI is InChI=1S/C23H30Cl2N2O2/c1-16-15-17(24)13-14-19(16)27-22(28)20(25)21(23(27)29)26-18-11-9-7-5-3-2-4-6-8-10-12-18/h13-15,18,26H,2-12H2,1H3. The van der Waals surface area contributed by atoms with E-state index in [1.165, 1.54) is 44.9 Å². The Balaban J connectivity index is 1.72. The number of aryl methyl sites for hydroxylation is 1. The van der Waals surface area contributed by atoms with Gasteiger partial charge in [0.15, 0.2) is 0 Å². The maximum Gasteiger partial charge on any atom is 0.283 e. The second-order valence-electron chi connectivity index (χ2n) is 8.17. The SMILES string of the molecule is Cc1cc(Cl)ccc1N1C(=O)C(Cl)=C(NC2CCCCCCCCCCC2)C1=O. The molecule has 0 unspecified atom stereocenters. The molecule has 1 saturated carbocycles. The average molecular weight is 437 g/mol. The lowest BCUT2D eigenvalue weighted by molar-refractivity contribution is -0.120. The van der Waals surface area contributed by atoms with Crippen molar-refractivity contribution in [2.24, 2.45) is 0 Å². The van der Waals surface area contributed by atoms with E-state index in [4.69, 9.17) is 23.2 Å². The molecule has 0 aromatic heterocycles. The van der Waals surface area contributed by atoms with Crippen molar-refractivity contribution in [2.75, 3.05) is 4.90 Å². The molecule has 1 aliphatic heterocycles. The average Bonchev–Trinajstić information content (AvgIpc) is 2.88. The third kappa shape index (κ3) is 5.55. The summed E-state index contributed by atoms with van der Waals surface area (Å²) in [5, 5.41) is 3.89. The number of nitrogens with zero attached hydrogens (tertiary/aromatic N) is 1. The number of carbonyl (C=O) groups is 2. The van der Waals surface area contributed by atoms with Crippen molar-refractivity contribution in [3.8, 4) is 0 Å². The molecule has 158 valence electrons. The van der Waals surface area contributed by atoms with Gasteiger partial charge in [0.05, 0.1) is 5.69 Å². The number of carbonyl (C=O) groups excluding carboxylic acids is 2. The molecule has 0 radical (unpaired) electrons. The zero-order chi connectivity index (χ0) is 20.8. The number of rotatable bonds is 3. The third-order valence-electron chi connectivity index (χ3n) is 5.88. The van der Waals surface area contributed by atoms with Crippen molar-refractivity contribution in [2.45, 2.75) is 83.6 Å². The lowest BCUT2D eigenvalue weighted by atomic mass is 9.98. The quantitative estimate of drug-likeness (QED) is 0.570. The van der Waals surface area contributed by atoms with Crippen LogP contribution in [0.2, 0.25) is 5.02 Å². The van der Waals surface area contributed by atoms with Crippen LogP contribution in [0, 0.1) is 6.92 Å². The summed E-state index contributed by atoms with van der Waals surface area (Å²) in [6.07, 6.45) is 13.2. The molecule has 0 atom stereocenters. The Morgan fingerprint density at radius 1 is 0.862 bits per heavy atom. The van der Waals surface area contributed by atoms with E-state index in [0.29, 0.717) is 10.7 Å². The van der Waals surface area contributed by atoms with E-state index in [1.807, 2.05) is 6.92 Å². The Morgan fingerprint density at radius 3 is 1.97 bits per heavy atom. The molecule has 0 saturated heterocycles. The van der Waals surface area contributed by atoms with Gasteiger partial charge in [-0.1, -0.05) is 81.0 Å². The predicted octanol–water partition coefficient (Wildman–Crippen LogP) is 6.23. The Labute approximate surface area is 183 Å². The fourth-order valence-electron chi connectivity index (χ4n) is 4.23. The van der Waals surface area contributed by atoms with Crippen LogP contribution in [0.4, 0.5) is 5.69 Å². The van der Waals surface area contributed by atoms with Gasteiger partial charge in [-0.3, -0.25) is 9.59 Å². The highest BCUT2D eigenvalue weighted by Gasteiger charge is 2.40. The third-order valence-corrected chi connectivity index (χ3v) is 6.47. The van der Waals surface area contributed by atoms with Gasteiger partial charge < -0.3 is 5.32 Å². The lowest BCUT2D eigenvalue weighted by Gasteiger charge is -2.22. The second-order valence-corrected chi connectivity index (χ2v) is 8.98. The predicted molar refractivity (Wildman–Crippen MR) is 119 cm³/mol. The summed E-state index contributed by atoms with van der Waals surface area (Å²) in [5.41, 5.74) is 1.53. The smallest absolute Gasteiger partial charge is 0.283 e. The van der Waals surface area contributed by atoms with Gasteiger partial charge in [0.1, 0.15) is 10.7 Å². The molecule has 1 aliphatic carbocycles. The first-order valence-corrected chi connectivity index (χ1v) is 11.6. The minimum atomic E-state index is -0.474. The summed E-state index contributed by atoms with van der Waals surface area (Å²) in [6.45, 7) is 1.83. The number of imide groups is 1. The van der Waals surface area contributed by atoms with Gasteiger partial charge in [-0.2, -0.15) is 0 Å². The number of hydrogen-bond acceptors (Lipinski definition) is 3. The summed E-state index contributed by atoms with van der Waals surface area (Å²) in [6, 6.07) is 5.28. The molecular formula is C23H30Cl2N2O2. The first-order valence-electron chi connectivity index (χ1n) is 10.8. The number of nitrogens with one attached hydrogen (secondary N) is 1. The van der Waals surface area contributed by atoms with E-state index < -0.39 is 5.91 Å². The van der Waals surface area contributed by atoms with Crippen LogP contribution in [-0.2, 0) is 9.59 Å². The van der Waals surface area contributed by atoms with Crippen LogP contribution in [0.15, 0.2) is 28.9 Å². The summed E-state index contributed by atoms with van der Waals surface area (Å²) in [7, 11) is 0. The van der Waals surface area contributed by atoms with E-state index in [1.54, 1.807) is 18.2 Å². The molecule has 2 amide bonds. The minimum Gasteiger partial charge on any atom is -0.376 e. The highest BCUT2D eigenvalue weighted by atomic mass is 35.5. The minimum absolute atomic E-state index is 0.0181.